The molecule has 4 aromatic carbocycles. The topological polar surface area (TPSA) is 200 Å². The molecule has 1 amide bonds. The fraction of sp³-hybridized carbons (Fsp3) is 0.293. The molecule has 6 N–H and O–H groups in total. The number of aliphatic hydroxyl groups is 2. The average Bonchev–Trinajstić information content (AvgIpc) is 3.20. The zero-order valence-electron chi connectivity index (χ0n) is 34.7. The number of carbonyl (C=O) groups excluding carboxylic acids is 3. The van der Waals surface area contributed by atoms with E-state index in [-0.39, 0.29) is 42.9 Å². The summed E-state index contributed by atoms with van der Waals surface area (Å²) in [5.41, 5.74) is -35.3. The number of aromatic carboxylic acids is 2. The van der Waals surface area contributed by atoms with Crippen LogP contribution >= 0.6 is 0 Å². The van der Waals surface area contributed by atoms with Gasteiger partial charge in [0, 0.05) is 34.6 Å². The van der Waals surface area contributed by atoms with Crippen LogP contribution in [0.1, 0.15) is 87.9 Å². The Morgan fingerprint density at radius 1 is 0.493 bits per heavy atom. The van der Waals surface area contributed by atoms with Crippen molar-refractivity contribution in [2.45, 2.75) is 67.5 Å². The third kappa shape index (κ3) is 10.1. The Morgan fingerprint density at radius 2 is 0.887 bits per heavy atom. The number of carboxylic acids is 2. The predicted molar refractivity (Wildman–Crippen MR) is 202 cm³/mol. The third-order valence-electron chi connectivity index (χ3n) is 10.2. The number of ether oxygens (including phenoxy) is 1. The summed E-state index contributed by atoms with van der Waals surface area (Å²) in [7, 11) is 0. The van der Waals surface area contributed by atoms with Crippen LogP contribution in [0.3, 0.4) is 0 Å². The number of anilines is 2. The number of ketones is 1. The van der Waals surface area contributed by atoms with E-state index in [0.29, 0.717) is 19.1 Å². The largest absolute Gasteiger partial charge is 0.478 e. The SMILES string of the molecule is CCNc1cc(NC(=O)c2cc(C(c3ccc(C(=O)O)c(C(C)=O)c3)(C(F)(F)F)C(F)(F)F)ccc2C(=O)O)cc(C(=O)Oc2cc(C(O)(C(F)(F)F)C(F)(F)F)cc(C(O)(C(F)(F)F)C(F)(F)F)c2)c1. The van der Waals surface area contributed by atoms with Gasteiger partial charge in [-0.25, -0.2) is 14.4 Å². The van der Waals surface area contributed by atoms with Gasteiger partial charge in [-0.2, -0.15) is 79.0 Å². The number of hydrogen-bond donors (Lipinski definition) is 6. The Balaban J connectivity index is 1.96. The summed E-state index contributed by atoms with van der Waals surface area (Å²) in [6.07, 6.45) is -41.2. The molecule has 0 atom stereocenters. The van der Waals surface area contributed by atoms with E-state index in [1.165, 1.54) is 6.92 Å². The number of esters is 1. The van der Waals surface area contributed by atoms with E-state index >= 15 is 26.3 Å². The van der Waals surface area contributed by atoms with Gasteiger partial charge < -0.3 is 35.8 Å². The van der Waals surface area contributed by atoms with Gasteiger partial charge in [0.15, 0.2) is 5.78 Å². The van der Waals surface area contributed by atoms with E-state index in [2.05, 4.69) is 10.1 Å². The Labute approximate surface area is 382 Å². The van der Waals surface area contributed by atoms with E-state index in [0.717, 1.165) is 6.07 Å². The van der Waals surface area contributed by atoms with Gasteiger partial charge in [-0.1, -0.05) is 12.1 Å². The Hall–Kier alpha value is -7.11. The van der Waals surface area contributed by atoms with Crippen LogP contribution in [-0.2, 0) is 16.6 Å². The number of carbonyl (C=O) groups is 5. The number of carboxylic acid groups (broad SMARTS) is 2. The molecule has 0 spiro atoms. The van der Waals surface area contributed by atoms with Crippen LogP contribution in [0.4, 0.5) is 90.4 Å². The minimum atomic E-state index is -7.03. The molecule has 0 fully saturated rings. The molecule has 0 aliphatic carbocycles. The minimum absolute atomic E-state index is 0.0330. The Bertz CT molecular complexity index is 2680. The van der Waals surface area contributed by atoms with Crippen LogP contribution in [0, 0.1) is 0 Å². The number of Topliss-reactive ketones (excluding diaryl/α,β-unsaturated/α-hetero) is 1. The Morgan fingerprint density at radius 3 is 1.25 bits per heavy atom. The first-order chi connectivity index (χ1) is 32.0. The van der Waals surface area contributed by atoms with E-state index in [1.807, 2.05) is 0 Å². The van der Waals surface area contributed by atoms with Crippen LogP contribution in [0.25, 0.3) is 0 Å². The zero-order valence-corrected chi connectivity index (χ0v) is 34.7. The second-order valence-corrected chi connectivity index (χ2v) is 14.8. The molecule has 0 heterocycles. The molecule has 0 radical (unpaired) electrons. The highest BCUT2D eigenvalue weighted by atomic mass is 19.4. The lowest BCUT2D eigenvalue weighted by atomic mass is 9.71. The second-order valence-electron chi connectivity index (χ2n) is 14.8. The molecule has 0 bridgehead atoms. The summed E-state index contributed by atoms with van der Waals surface area (Å²) in [4.78, 5) is 63.2. The molecular formula is C41H26F18N2O10. The quantitative estimate of drug-likeness (QED) is 0.0322. The summed E-state index contributed by atoms with van der Waals surface area (Å²) >= 11 is 0. The molecule has 0 aromatic heterocycles. The van der Waals surface area contributed by atoms with Crippen molar-refractivity contribution in [3.8, 4) is 5.75 Å². The number of benzene rings is 4. The van der Waals surface area contributed by atoms with Gasteiger partial charge in [0.05, 0.1) is 22.3 Å². The van der Waals surface area contributed by atoms with Crippen LogP contribution in [0.5, 0.6) is 5.75 Å². The van der Waals surface area contributed by atoms with Crippen molar-refractivity contribution in [1.82, 2.24) is 0 Å². The van der Waals surface area contributed by atoms with Crippen LogP contribution in [0.2, 0.25) is 0 Å². The number of hydrogen-bond acceptors (Lipinski definition) is 9. The first-order valence-electron chi connectivity index (χ1n) is 18.7. The summed E-state index contributed by atoms with van der Waals surface area (Å²) in [5, 5.41) is 43.2. The van der Waals surface area contributed by atoms with Gasteiger partial charge >= 0.3 is 55.0 Å². The van der Waals surface area contributed by atoms with Crippen LogP contribution < -0.4 is 15.4 Å². The van der Waals surface area contributed by atoms with Gasteiger partial charge in [-0.05, 0) is 85.6 Å². The molecule has 0 saturated carbocycles. The van der Waals surface area contributed by atoms with Gasteiger partial charge in [0.25, 0.3) is 17.1 Å². The molecule has 4 rings (SSSR count). The zero-order chi connectivity index (χ0) is 54.6. The molecule has 0 aliphatic heterocycles. The van der Waals surface area contributed by atoms with E-state index in [4.69, 9.17) is 0 Å². The summed E-state index contributed by atoms with van der Waals surface area (Å²) in [5.74, 6) is -11.7. The average molecular weight is 1050 g/mol. The third-order valence-corrected chi connectivity index (χ3v) is 10.2. The van der Waals surface area contributed by atoms with Crippen LogP contribution in [0.15, 0.2) is 72.8 Å². The molecule has 30 heteroatoms. The van der Waals surface area contributed by atoms with Crippen molar-refractivity contribution >= 4 is 41.0 Å². The van der Waals surface area contributed by atoms with Crippen molar-refractivity contribution in [2.24, 2.45) is 0 Å². The maximum atomic E-state index is 15.1. The number of rotatable bonds is 13. The summed E-state index contributed by atoms with van der Waals surface area (Å²) in [6.45, 7) is 1.71. The monoisotopic (exact) mass is 1050 g/mol. The highest BCUT2D eigenvalue weighted by molar-refractivity contribution is 6.11. The number of nitrogens with one attached hydrogen (secondary N) is 2. The summed E-state index contributed by atoms with van der Waals surface area (Å²) in [6, 6.07) is -0.840. The number of halogens is 18. The fourth-order valence-electron chi connectivity index (χ4n) is 6.93. The van der Waals surface area contributed by atoms with Gasteiger partial charge in [0.2, 0.25) is 5.41 Å². The molecule has 0 aliphatic rings. The maximum Gasteiger partial charge on any atom is 0.430 e. The highest BCUT2D eigenvalue weighted by Crippen LogP contribution is 2.58. The molecule has 71 heavy (non-hydrogen) atoms. The molecule has 4 aromatic rings. The van der Waals surface area contributed by atoms with Crippen LogP contribution in [-0.4, -0.2) is 93.6 Å². The van der Waals surface area contributed by atoms with E-state index in [1.54, 1.807) is 5.32 Å². The predicted octanol–water partition coefficient (Wildman–Crippen LogP) is 10.2. The highest BCUT2D eigenvalue weighted by Gasteiger charge is 2.75. The van der Waals surface area contributed by atoms with Crippen molar-refractivity contribution in [1.29, 1.82) is 0 Å². The molecule has 0 saturated heterocycles. The summed E-state index contributed by atoms with van der Waals surface area (Å²) < 4.78 is 261. The molecular weight excluding hydrogens is 1020 g/mol. The lowest BCUT2D eigenvalue weighted by Crippen LogP contribution is -2.55. The van der Waals surface area contributed by atoms with E-state index in [9.17, 15) is 97.1 Å². The normalized spacial score (nSPS) is 13.4. The van der Waals surface area contributed by atoms with Crippen molar-refractivity contribution in [2.75, 3.05) is 17.2 Å². The van der Waals surface area contributed by atoms with E-state index < -0.39 is 169 Å². The minimum Gasteiger partial charge on any atom is -0.478 e. The Kier molecular flexibility index (Phi) is 14.8. The van der Waals surface area contributed by atoms with Crippen molar-refractivity contribution < 1.29 is 128 Å². The molecule has 12 nitrogen and oxygen atoms in total. The lowest BCUT2D eigenvalue weighted by Gasteiger charge is -2.38. The maximum absolute atomic E-state index is 15.1. The smallest absolute Gasteiger partial charge is 0.430 e. The van der Waals surface area contributed by atoms with Gasteiger partial charge in [-0.3, -0.25) is 9.59 Å². The van der Waals surface area contributed by atoms with Crippen molar-refractivity contribution in [3.63, 3.8) is 0 Å². The first-order valence-corrected chi connectivity index (χ1v) is 18.7. The van der Waals surface area contributed by atoms with Crippen molar-refractivity contribution in [3.05, 3.63) is 123 Å². The lowest BCUT2D eigenvalue weighted by molar-refractivity contribution is -0.378. The van der Waals surface area contributed by atoms with Gasteiger partial charge in [-0.15, -0.1) is 0 Å². The standard InChI is InChI=1S/C41H26F18N2O10/c1-3-60-22-8-17(32(68)71-24-11-20(34(69,38(48,49)50)39(51,52)53)10-21(12-24)35(70,40(54,55)56)41(57,58)59)9-23(15-22)61-29(63)28-14-19(5-7-26(28)31(66)67)33(36(42,43)44,37(45,46)47)18-4-6-25(30(64)65)27(13-18)16(2)62/h4-15,60,69-70H,3H2,1-2H3,(H,61,63)(H,64,65)(H,66,67). The van der Waals surface area contributed by atoms with Gasteiger partial charge in [0.1, 0.15) is 5.75 Å². The second kappa shape index (κ2) is 18.6. The molecule has 0 unspecified atom stereocenters. The number of amides is 1. The fourth-order valence-corrected chi connectivity index (χ4v) is 6.93. The number of alkyl halides is 18. The molecule has 386 valence electrons. The first kappa shape index (κ1) is 56.5.